The molecule has 0 spiro atoms. The zero-order chi connectivity index (χ0) is 13.0. The number of benzene rings is 1. The minimum absolute atomic E-state index is 0.347. The summed E-state index contributed by atoms with van der Waals surface area (Å²) in [7, 11) is 0. The summed E-state index contributed by atoms with van der Waals surface area (Å²) in [5, 5.41) is 3.61. The maximum Gasteiger partial charge on any atom is 0.124 e. The Morgan fingerprint density at radius 3 is 3.17 bits per heavy atom. The van der Waals surface area contributed by atoms with Crippen LogP contribution in [0.1, 0.15) is 31.9 Å². The summed E-state index contributed by atoms with van der Waals surface area (Å²) < 4.78 is 12.2. The summed E-state index contributed by atoms with van der Waals surface area (Å²) in [4.78, 5) is 0. The van der Waals surface area contributed by atoms with Crippen molar-refractivity contribution in [3.8, 4) is 5.75 Å². The molecule has 0 aromatic heterocycles. The zero-order valence-corrected chi connectivity index (χ0v) is 12.5. The van der Waals surface area contributed by atoms with E-state index in [1.807, 2.05) is 19.1 Å². The second-order valence-electron chi connectivity index (χ2n) is 4.60. The van der Waals surface area contributed by atoms with Crippen LogP contribution in [0.3, 0.4) is 0 Å². The Bertz CT molecular complexity index is 397. The van der Waals surface area contributed by atoms with Gasteiger partial charge in [-0.25, -0.2) is 0 Å². The molecule has 0 aliphatic carbocycles. The van der Waals surface area contributed by atoms with Crippen molar-refractivity contribution in [3.05, 3.63) is 28.2 Å². The Labute approximate surface area is 117 Å². The van der Waals surface area contributed by atoms with Gasteiger partial charge >= 0.3 is 0 Å². The van der Waals surface area contributed by atoms with Crippen molar-refractivity contribution in [2.75, 3.05) is 19.8 Å². The van der Waals surface area contributed by atoms with E-state index in [4.69, 9.17) is 9.47 Å². The van der Waals surface area contributed by atoms with Gasteiger partial charge in [-0.3, -0.25) is 0 Å². The fourth-order valence-corrected chi connectivity index (χ4v) is 2.60. The Hall–Kier alpha value is -0.580. The molecule has 0 fully saturated rings. The second-order valence-corrected chi connectivity index (χ2v) is 5.51. The fourth-order valence-electron chi connectivity index (χ4n) is 2.22. The highest BCUT2D eigenvalue weighted by Gasteiger charge is 2.22. The summed E-state index contributed by atoms with van der Waals surface area (Å²) in [6.07, 6.45) is 1.000. The molecule has 3 nitrogen and oxygen atoms in total. The maximum absolute atomic E-state index is 5.68. The fraction of sp³-hybridized carbons (Fsp3) is 0.571. The lowest BCUT2D eigenvalue weighted by atomic mass is 10.00. The third-order valence-electron chi connectivity index (χ3n) is 3.07. The zero-order valence-electron chi connectivity index (χ0n) is 10.9. The molecule has 0 saturated carbocycles. The molecule has 0 bridgehead atoms. The molecule has 2 atom stereocenters. The number of nitrogens with one attached hydrogen (secondary N) is 1. The van der Waals surface area contributed by atoms with E-state index in [-0.39, 0.29) is 0 Å². The number of halogens is 1. The Kier molecular flexibility index (Phi) is 5.03. The van der Waals surface area contributed by atoms with Crippen LogP contribution in [-0.4, -0.2) is 25.9 Å². The number of hydrogen-bond acceptors (Lipinski definition) is 3. The molecule has 0 amide bonds. The van der Waals surface area contributed by atoms with E-state index < -0.39 is 0 Å². The van der Waals surface area contributed by atoms with Crippen molar-refractivity contribution in [2.45, 2.75) is 32.4 Å². The summed E-state index contributed by atoms with van der Waals surface area (Å²) >= 11 is 3.52. The van der Waals surface area contributed by atoms with Crippen molar-refractivity contribution in [1.82, 2.24) is 5.32 Å². The lowest BCUT2D eigenvalue weighted by molar-refractivity contribution is 0.119. The number of hydrogen-bond donors (Lipinski definition) is 1. The molecular formula is C14H20BrNO2. The van der Waals surface area contributed by atoms with Crippen LogP contribution in [0.2, 0.25) is 0 Å². The molecule has 1 heterocycles. The van der Waals surface area contributed by atoms with Crippen LogP contribution in [0, 0.1) is 0 Å². The Balaban J connectivity index is 2.05. The highest BCUT2D eigenvalue weighted by molar-refractivity contribution is 9.10. The number of rotatable bonds is 5. The van der Waals surface area contributed by atoms with Crippen LogP contribution in [0.15, 0.2) is 22.7 Å². The molecule has 1 aliphatic heterocycles. The van der Waals surface area contributed by atoms with Gasteiger partial charge in [-0.2, -0.15) is 0 Å². The molecule has 18 heavy (non-hydrogen) atoms. The van der Waals surface area contributed by atoms with Crippen LogP contribution in [0.4, 0.5) is 0 Å². The minimum Gasteiger partial charge on any atom is -0.493 e. The average molecular weight is 314 g/mol. The van der Waals surface area contributed by atoms with Gasteiger partial charge in [0.05, 0.1) is 13.2 Å². The monoisotopic (exact) mass is 313 g/mol. The first kappa shape index (κ1) is 13.8. The van der Waals surface area contributed by atoms with E-state index in [0.29, 0.717) is 12.1 Å². The van der Waals surface area contributed by atoms with Gasteiger partial charge in [-0.05, 0) is 32.0 Å². The van der Waals surface area contributed by atoms with Gasteiger partial charge in [0.2, 0.25) is 0 Å². The van der Waals surface area contributed by atoms with Crippen molar-refractivity contribution < 1.29 is 9.47 Å². The molecule has 1 aromatic carbocycles. The summed E-state index contributed by atoms with van der Waals surface area (Å²) in [6, 6.07) is 6.88. The minimum atomic E-state index is 0.347. The molecule has 2 rings (SSSR count). The van der Waals surface area contributed by atoms with Crippen LogP contribution < -0.4 is 10.1 Å². The lowest BCUT2D eigenvalue weighted by Gasteiger charge is -2.29. The summed E-state index contributed by atoms with van der Waals surface area (Å²) in [6.45, 7) is 6.46. The first-order valence-electron chi connectivity index (χ1n) is 6.46. The predicted octanol–water partition coefficient (Wildman–Crippen LogP) is 3.29. The van der Waals surface area contributed by atoms with Gasteiger partial charge in [-0.1, -0.05) is 15.9 Å². The molecule has 100 valence electrons. The normalized spacial score (nSPS) is 20.1. The van der Waals surface area contributed by atoms with Gasteiger partial charge in [0.25, 0.3) is 0 Å². The largest absolute Gasteiger partial charge is 0.493 e. The van der Waals surface area contributed by atoms with Crippen molar-refractivity contribution >= 4 is 15.9 Å². The van der Waals surface area contributed by atoms with Crippen LogP contribution >= 0.6 is 15.9 Å². The molecule has 1 aromatic rings. The third kappa shape index (κ3) is 3.46. The summed E-state index contributed by atoms with van der Waals surface area (Å²) in [5.41, 5.74) is 1.24. The summed E-state index contributed by atoms with van der Waals surface area (Å²) in [5.74, 6) is 0.991. The third-order valence-corrected chi connectivity index (χ3v) is 3.56. The standard InChI is InChI=1S/C14H20BrNO2/c1-3-17-9-10(2)16-13-6-7-18-14-5-4-11(15)8-12(13)14/h4-5,8,10,13,16H,3,6-7,9H2,1-2H3. The molecule has 2 unspecified atom stereocenters. The smallest absolute Gasteiger partial charge is 0.124 e. The van der Waals surface area contributed by atoms with E-state index >= 15 is 0 Å². The van der Waals surface area contributed by atoms with Gasteiger partial charge in [0, 0.05) is 35.1 Å². The first-order valence-corrected chi connectivity index (χ1v) is 7.26. The van der Waals surface area contributed by atoms with Crippen LogP contribution in [0.25, 0.3) is 0 Å². The molecular weight excluding hydrogens is 294 g/mol. The van der Waals surface area contributed by atoms with Gasteiger partial charge in [-0.15, -0.1) is 0 Å². The van der Waals surface area contributed by atoms with E-state index in [0.717, 1.165) is 36.5 Å². The van der Waals surface area contributed by atoms with Crippen LogP contribution in [-0.2, 0) is 4.74 Å². The van der Waals surface area contributed by atoms with Gasteiger partial charge in [0.1, 0.15) is 5.75 Å². The predicted molar refractivity (Wildman–Crippen MR) is 76.1 cm³/mol. The first-order chi connectivity index (χ1) is 8.70. The molecule has 0 radical (unpaired) electrons. The average Bonchev–Trinajstić information content (AvgIpc) is 2.37. The lowest BCUT2D eigenvalue weighted by Crippen LogP contribution is -2.36. The SMILES string of the molecule is CCOCC(C)NC1CCOc2ccc(Br)cc21. The van der Waals surface area contributed by atoms with E-state index in [1.54, 1.807) is 0 Å². The van der Waals surface area contributed by atoms with Crippen molar-refractivity contribution in [1.29, 1.82) is 0 Å². The Morgan fingerprint density at radius 2 is 2.39 bits per heavy atom. The maximum atomic E-state index is 5.68. The molecule has 0 saturated heterocycles. The highest BCUT2D eigenvalue weighted by atomic mass is 79.9. The number of ether oxygens (including phenoxy) is 2. The van der Waals surface area contributed by atoms with Gasteiger partial charge in [0.15, 0.2) is 0 Å². The van der Waals surface area contributed by atoms with E-state index in [2.05, 4.69) is 34.2 Å². The second kappa shape index (κ2) is 6.55. The van der Waals surface area contributed by atoms with E-state index in [1.165, 1.54) is 5.56 Å². The molecule has 1 aliphatic rings. The quantitative estimate of drug-likeness (QED) is 0.905. The molecule has 4 heteroatoms. The van der Waals surface area contributed by atoms with Crippen LogP contribution in [0.5, 0.6) is 5.75 Å². The highest BCUT2D eigenvalue weighted by Crippen LogP contribution is 2.34. The van der Waals surface area contributed by atoms with Gasteiger partial charge < -0.3 is 14.8 Å². The molecule has 1 N–H and O–H groups in total. The van der Waals surface area contributed by atoms with Crippen molar-refractivity contribution in [3.63, 3.8) is 0 Å². The number of fused-ring (bicyclic) bond motifs is 1. The Morgan fingerprint density at radius 1 is 1.56 bits per heavy atom. The van der Waals surface area contributed by atoms with E-state index in [9.17, 15) is 0 Å². The topological polar surface area (TPSA) is 30.5 Å². The van der Waals surface area contributed by atoms with Crippen molar-refractivity contribution in [2.24, 2.45) is 0 Å².